The Hall–Kier alpha value is -3.23. The Morgan fingerprint density at radius 2 is 1.91 bits per heavy atom. The highest BCUT2D eigenvalue weighted by Gasteiger charge is 2.23. The van der Waals surface area contributed by atoms with E-state index in [4.69, 9.17) is 4.98 Å². The molecular formula is C26H24N4O2S2. The van der Waals surface area contributed by atoms with Crippen LogP contribution in [0.25, 0.3) is 15.9 Å². The number of thiophene rings is 1. The fourth-order valence-electron chi connectivity index (χ4n) is 4.16. The third kappa shape index (κ3) is 4.56. The summed E-state index contributed by atoms with van der Waals surface area (Å²) in [5, 5.41) is 5.33. The molecule has 2 aromatic carbocycles. The molecule has 0 radical (unpaired) electrons. The molecule has 0 bridgehead atoms. The van der Waals surface area contributed by atoms with Crippen molar-refractivity contribution in [2.24, 2.45) is 5.10 Å². The van der Waals surface area contributed by atoms with Crippen LogP contribution in [-0.4, -0.2) is 27.4 Å². The third-order valence-corrected chi connectivity index (χ3v) is 8.01. The molecule has 1 aliphatic rings. The van der Waals surface area contributed by atoms with E-state index in [1.807, 2.05) is 61.5 Å². The molecule has 2 heterocycles. The number of hydrogen-bond donors (Lipinski definition) is 1. The first-order valence-corrected chi connectivity index (χ1v) is 13.0. The first-order chi connectivity index (χ1) is 16.6. The Morgan fingerprint density at radius 1 is 1.15 bits per heavy atom. The number of rotatable bonds is 6. The molecular weight excluding hydrogens is 464 g/mol. The second-order valence-electron chi connectivity index (χ2n) is 8.20. The first kappa shape index (κ1) is 22.6. The molecule has 1 amide bonds. The second-order valence-corrected chi connectivity index (χ2v) is 10.2. The SMILES string of the molecule is Cc1ccccc1C=NNC(=O)CSc1nc2sc3c(c2c(=O)n1-c1ccccc1)CCCC3. The molecule has 172 valence electrons. The quantitative estimate of drug-likeness (QED) is 0.182. The van der Waals surface area contributed by atoms with E-state index in [0.717, 1.165) is 58.3 Å². The Kier molecular flexibility index (Phi) is 6.60. The summed E-state index contributed by atoms with van der Waals surface area (Å²) >= 11 is 2.86. The lowest BCUT2D eigenvalue weighted by molar-refractivity contribution is -0.118. The average Bonchev–Trinajstić information content (AvgIpc) is 3.23. The summed E-state index contributed by atoms with van der Waals surface area (Å²) in [6, 6.07) is 17.3. The number of fused-ring (bicyclic) bond motifs is 3. The van der Waals surface area contributed by atoms with Crippen LogP contribution in [0.15, 0.2) is 69.6 Å². The van der Waals surface area contributed by atoms with Crippen LogP contribution in [0.1, 0.15) is 34.4 Å². The van der Waals surface area contributed by atoms with Crippen molar-refractivity contribution >= 4 is 45.4 Å². The van der Waals surface area contributed by atoms with Crippen molar-refractivity contribution in [1.82, 2.24) is 15.0 Å². The highest BCUT2D eigenvalue weighted by molar-refractivity contribution is 7.99. The molecule has 0 spiro atoms. The lowest BCUT2D eigenvalue weighted by Gasteiger charge is -2.13. The maximum atomic E-state index is 13.7. The lowest BCUT2D eigenvalue weighted by atomic mass is 9.97. The minimum absolute atomic E-state index is 0.0592. The molecule has 1 aliphatic carbocycles. The van der Waals surface area contributed by atoms with Gasteiger partial charge in [0.05, 0.1) is 23.0 Å². The zero-order valence-electron chi connectivity index (χ0n) is 18.8. The van der Waals surface area contributed by atoms with Gasteiger partial charge in [0.15, 0.2) is 5.16 Å². The van der Waals surface area contributed by atoms with Crippen molar-refractivity contribution in [3.63, 3.8) is 0 Å². The van der Waals surface area contributed by atoms with Gasteiger partial charge in [-0.25, -0.2) is 10.4 Å². The third-order valence-electron chi connectivity index (χ3n) is 5.89. The van der Waals surface area contributed by atoms with Gasteiger partial charge in [-0.2, -0.15) is 5.10 Å². The predicted molar refractivity (Wildman–Crippen MR) is 139 cm³/mol. The number of hydrogen-bond acceptors (Lipinski definition) is 6. The van der Waals surface area contributed by atoms with Crippen LogP contribution in [0.5, 0.6) is 0 Å². The Balaban J connectivity index is 1.42. The molecule has 34 heavy (non-hydrogen) atoms. The van der Waals surface area contributed by atoms with Gasteiger partial charge in [0.1, 0.15) is 4.83 Å². The maximum Gasteiger partial charge on any atom is 0.267 e. The van der Waals surface area contributed by atoms with Crippen LogP contribution in [0, 0.1) is 6.92 Å². The van der Waals surface area contributed by atoms with E-state index in [1.54, 1.807) is 22.1 Å². The van der Waals surface area contributed by atoms with Gasteiger partial charge in [0, 0.05) is 4.88 Å². The smallest absolute Gasteiger partial charge is 0.267 e. The van der Waals surface area contributed by atoms with Crippen LogP contribution in [0.2, 0.25) is 0 Å². The summed E-state index contributed by atoms with van der Waals surface area (Å²) in [5.41, 5.74) is 6.45. The average molecular weight is 489 g/mol. The van der Waals surface area contributed by atoms with Gasteiger partial charge in [0.25, 0.3) is 11.5 Å². The molecule has 5 rings (SSSR count). The number of carbonyl (C=O) groups is 1. The van der Waals surface area contributed by atoms with Gasteiger partial charge in [-0.05, 0) is 61.4 Å². The van der Waals surface area contributed by atoms with E-state index >= 15 is 0 Å². The number of thioether (sulfide) groups is 1. The van der Waals surface area contributed by atoms with E-state index in [-0.39, 0.29) is 17.2 Å². The minimum atomic E-state index is -0.255. The number of aryl methyl sites for hydroxylation is 3. The van der Waals surface area contributed by atoms with Crippen molar-refractivity contribution in [2.45, 2.75) is 37.8 Å². The van der Waals surface area contributed by atoms with E-state index in [0.29, 0.717) is 5.16 Å². The standard InChI is InChI=1S/C26H24N4O2S2/c1-17-9-5-6-10-18(17)15-27-29-22(31)16-33-26-28-24-23(20-13-7-8-14-21(20)34-24)25(32)30(26)19-11-3-2-4-12-19/h2-6,9-12,15H,7-8,13-14,16H2,1H3,(H,29,31). The number of hydrazone groups is 1. The molecule has 2 aromatic heterocycles. The number of nitrogens with one attached hydrogen (secondary N) is 1. The first-order valence-electron chi connectivity index (χ1n) is 11.2. The number of carbonyl (C=O) groups excluding carboxylic acids is 1. The second kappa shape index (κ2) is 9.95. The Bertz CT molecular complexity index is 1440. The fraction of sp³-hybridized carbons (Fsp3) is 0.231. The molecule has 0 unspecified atom stereocenters. The fourth-order valence-corrected chi connectivity index (χ4v) is 6.26. The summed E-state index contributed by atoms with van der Waals surface area (Å²) < 4.78 is 1.64. The van der Waals surface area contributed by atoms with Gasteiger partial charge in [-0.1, -0.05) is 54.2 Å². The lowest BCUT2D eigenvalue weighted by Crippen LogP contribution is -2.24. The Labute approximate surface area is 205 Å². The van der Waals surface area contributed by atoms with Crippen LogP contribution < -0.4 is 11.0 Å². The molecule has 0 saturated heterocycles. The highest BCUT2D eigenvalue weighted by Crippen LogP contribution is 2.35. The van der Waals surface area contributed by atoms with Crippen molar-refractivity contribution in [1.29, 1.82) is 0 Å². The van der Waals surface area contributed by atoms with Crippen molar-refractivity contribution in [2.75, 3.05) is 5.75 Å². The summed E-state index contributed by atoms with van der Waals surface area (Å²) in [4.78, 5) is 33.1. The molecule has 0 saturated carbocycles. The minimum Gasteiger partial charge on any atom is -0.272 e. The van der Waals surface area contributed by atoms with E-state index < -0.39 is 0 Å². The monoisotopic (exact) mass is 488 g/mol. The van der Waals surface area contributed by atoms with Crippen LogP contribution in [-0.2, 0) is 17.6 Å². The van der Waals surface area contributed by atoms with E-state index in [2.05, 4.69) is 10.5 Å². The Morgan fingerprint density at radius 3 is 2.74 bits per heavy atom. The molecule has 8 heteroatoms. The van der Waals surface area contributed by atoms with Crippen molar-refractivity contribution in [3.05, 3.63) is 86.5 Å². The molecule has 0 aliphatic heterocycles. The van der Waals surface area contributed by atoms with Crippen LogP contribution in [0.4, 0.5) is 0 Å². The van der Waals surface area contributed by atoms with Crippen molar-refractivity contribution < 1.29 is 4.79 Å². The molecule has 4 aromatic rings. The number of benzene rings is 2. The topological polar surface area (TPSA) is 76.3 Å². The molecule has 6 nitrogen and oxygen atoms in total. The van der Waals surface area contributed by atoms with E-state index in [1.165, 1.54) is 16.6 Å². The van der Waals surface area contributed by atoms with Gasteiger partial charge in [-0.15, -0.1) is 11.3 Å². The number of nitrogens with zero attached hydrogens (tertiary/aromatic N) is 3. The molecule has 1 N–H and O–H groups in total. The van der Waals surface area contributed by atoms with Crippen molar-refractivity contribution in [3.8, 4) is 5.69 Å². The number of aromatic nitrogens is 2. The van der Waals surface area contributed by atoms with Gasteiger partial charge in [0.2, 0.25) is 0 Å². The summed E-state index contributed by atoms with van der Waals surface area (Å²) in [5.74, 6) is -0.157. The predicted octanol–water partition coefficient (Wildman–Crippen LogP) is 4.88. The maximum absolute atomic E-state index is 13.7. The van der Waals surface area contributed by atoms with Crippen LogP contribution in [0.3, 0.4) is 0 Å². The summed E-state index contributed by atoms with van der Waals surface area (Å²) in [6.45, 7) is 1.99. The summed E-state index contributed by atoms with van der Waals surface area (Å²) in [7, 11) is 0. The van der Waals surface area contributed by atoms with Gasteiger partial charge >= 0.3 is 0 Å². The van der Waals surface area contributed by atoms with E-state index in [9.17, 15) is 9.59 Å². The summed E-state index contributed by atoms with van der Waals surface area (Å²) in [6.07, 6.45) is 5.82. The van der Waals surface area contributed by atoms with Gasteiger partial charge < -0.3 is 0 Å². The van der Waals surface area contributed by atoms with Crippen LogP contribution >= 0.6 is 23.1 Å². The largest absolute Gasteiger partial charge is 0.272 e. The normalized spacial score (nSPS) is 13.3. The zero-order chi connectivity index (χ0) is 23.5. The van der Waals surface area contributed by atoms with Gasteiger partial charge in [-0.3, -0.25) is 14.2 Å². The molecule has 0 fully saturated rings. The zero-order valence-corrected chi connectivity index (χ0v) is 20.4. The number of para-hydroxylation sites is 1. The number of amides is 1. The molecule has 0 atom stereocenters. The highest BCUT2D eigenvalue weighted by atomic mass is 32.2.